The number of benzene rings is 2. The summed E-state index contributed by atoms with van der Waals surface area (Å²) >= 11 is 0. The van der Waals surface area contributed by atoms with Gasteiger partial charge in [-0.3, -0.25) is 0 Å². The molecule has 25 heavy (non-hydrogen) atoms. The quantitative estimate of drug-likeness (QED) is 0.673. The van der Waals surface area contributed by atoms with E-state index in [0.29, 0.717) is 11.7 Å². The van der Waals surface area contributed by atoms with Crippen molar-refractivity contribution in [3.63, 3.8) is 0 Å². The second-order valence-electron chi connectivity index (χ2n) is 5.91. The van der Waals surface area contributed by atoms with Crippen LogP contribution in [0.3, 0.4) is 0 Å². The molecule has 1 heterocycles. The number of nitrogens with one attached hydrogen (secondary N) is 1. The van der Waals surface area contributed by atoms with Gasteiger partial charge in [-0.1, -0.05) is 42.0 Å². The Bertz CT molecular complexity index is 847. The number of ether oxygens (including phenoxy) is 1. The first-order chi connectivity index (χ1) is 12.1. The van der Waals surface area contributed by atoms with Crippen LogP contribution in [0, 0.1) is 6.92 Å². The largest absolute Gasteiger partial charge is 0.467 e. The zero-order valence-corrected chi connectivity index (χ0v) is 14.5. The highest BCUT2D eigenvalue weighted by Gasteiger charge is 2.07. The van der Waals surface area contributed by atoms with Crippen LogP contribution in [0.1, 0.15) is 11.1 Å². The van der Waals surface area contributed by atoms with Crippen molar-refractivity contribution in [1.29, 1.82) is 0 Å². The van der Waals surface area contributed by atoms with Gasteiger partial charge in [-0.2, -0.15) is 9.97 Å². The van der Waals surface area contributed by atoms with E-state index in [1.807, 2.05) is 30.3 Å². The van der Waals surface area contributed by atoms with E-state index >= 15 is 0 Å². The zero-order chi connectivity index (χ0) is 17.6. The first kappa shape index (κ1) is 16.8. The first-order valence-electron chi connectivity index (χ1n) is 8.22. The summed E-state index contributed by atoms with van der Waals surface area (Å²) < 4.78 is 5.23. The van der Waals surface area contributed by atoms with Crippen LogP contribution < -0.4 is 15.8 Å². The molecule has 0 aliphatic heterocycles. The Kier molecular flexibility index (Phi) is 5.14. The molecule has 3 rings (SSSR count). The average Bonchev–Trinajstić information content (AvgIpc) is 2.63. The summed E-state index contributed by atoms with van der Waals surface area (Å²) in [6, 6.07) is 18.4. The Labute approximate surface area is 147 Å². The van der Waals surface area contributed by atoms with E-state index in [0.717, 1.165) is 30.0 Å². The predicted molar refractivity (Wildman–Crippen MR) is 102 cm³/mol. The lowest BCUT2D eigenvalue weighted by molar-refractivity contribution is 0.381. The Hall–Kier alpha value is -3.08. The first-order valence-corrected chi connectivity index (χ1v) is 8.22. The Morgan fingerprint density at radius 1 is 1.04 bits per heavy atom. The summed E-state index contributed by atoms with van der Waals surface area (Å²) in [7, 11) is 1.56. The van der Waals surface area contributed by atoms with Crippen molar-refractivity contribution in [2.75, 3.05) is 24.7 Å². The van der Waals surface area contributed by atoms with Crippen molar-refractivity contribution in [3.8, 4) is 17.3 Å². The van der Waals surface area contributed by atoms with Gasteiger partial charge in [0.2, 0.25) is 0 Å². The number of nitrogens with zero attached hydrogens (tertiary/aromatic N) is 2. The van der Waals surface area contributed by atoms with Crippen molar-refractivity contribution >= 4 is 11.5 Å². The molecule has 0 aliphatic carbocycles. The maximum Gasteiger partial charge on any atom is 0.318 e. The van der Waals surface area contributed by atoms with Gasteiger partial charge in [0.05, 0.1) is 12.8 Å². The van der Waals surface area contributed by atoms with Gasteiger partial charge >= 0.3 is 6.01 Å². The number of nitrogen functional groups attached to an aromatic ring is 1. The molecule has 0 unspecified atom stereocenters. The monoisotopic (exact) mass is 334 g/mol. The second kappa shape index (κ2) is 7.66. The summed E-state index contributed by atoms with van der Waals surface area (Å²) in [5, 5.41) is 3.34. The van der Waals surface area contributed by atoms with E-state index in [1.54, 1.807) is 7.11 Å². The van der Waals surface area contributed by atoms with Crippen LogP contribution in [0.5, 0.6) is 6.01 Å². The number of methoxy groups -OCH3 is 1. The van der Waals surface area contributed by atoms with Gasteiger partial charge in [0, 0.05) is 23.9 Å². The van der Waals surface area contributed by atoms with Gasteiger partial charge in [-0.25, -0.2) is 0 Å². The topological polar surface area (TPSA) is 73.1 Å². The van der Waals surface area contributed by atoms with Crippen LogP contribution in [0.2, 0.25) is 0 Å². The molecule has 128 valence electrons. The normalized spacial score (nSPS) is 10.5. The number of aryl methyl sites for hydroxylation is 1. The summed E-state index contributed by atoms with van der Waals surface area (Å²) in [6.45, 7) is 2.87. The minimum atomic E-state index is 0.331. The molecule has 5 heteroatoms. The molecule has 0 atom stereocenters. The fourth-order valence-corrected chi connectivity index (χ4v) is 2.54. The van der Waals surface area contributed by atoms with E-state index in [1.165, 1.54) is 11.1 Å². The molecule has 0 saturated carbocycles. The van der Waals surface area contributed by atoms with Crippen LogP contribution in [0.25, 0.3) is 11.3 Å². The van der Waals surface area contributed by atoms with Gasteiger partial charge in [0.25, 0.3) is 0 Å². The maximum atomic E-state index is 5.87. The molecule has 0 fully saturated rings. The molecular weight excluding hydrogens is 312 g/mol. The number of rotatable bonds is 6. The standard InChI is InChI=1S/C20H22N4O/c1-14-6-8-15(9-7-14)10-11-22-19-13-18(23-20(24-19)25-2)16-4-3-5-17(21)12-16/h3-9,12-13H,10-11,21H2,1-2H3,(H,22,23,24). The molecule has 2 aromatic carbocycles. The summed E-state index contributed by atoms with van der Waals surface area (Å²) in [4.78, 5) is 8.78. The van der Waals surface area contributed by atoms with E-state index in [4.69, 9.17) is 10.5 Å². The minimum absolute atomic E-state index is 0.331. The number of anilines is 2. The fraction of sp³-hybridized carbons (Fsp3) is 0.200. The molecule has 0 spiro atoms. The Balaban J connectivity index is 1.74. The molecule has 0 saturated heterocycles. The Morgan fingerprint density at radius 2 is 1.84 bits per heavy atom. The van der Waals surface area contributed by atoms with Crippen molar-refractivity contribution in [2.45, 2.75) is 13.3 Å². The lowest BCUT2D eigenvalue weighted by Gasteiger charge is -2.10. The Morgan fingerprint density at radius 3 is 2.56 bits per heavy atom. The number of aromatic nitrogens is 2. The van der Waals surface area contributed by atoms with Gasteiger partial charge in [0.15, 0.2) is 0 Å². The van der Waals surface area contributed by atoms with Crippen molar-refractivity contribution in [1.82, 2.24) is 9.97 Å². The van der Waals surface area contributed by atoms with Crippen LogP contribution in [0.15, 0.2) is 54.6 Å². The van der Waals surface area contributed by atoms with Crippen LogP contribution >= 0.6 is 0 Å². The van der Waals surface area contributed by atoms with Gasteiger partial charge < -0.3 is 15.8 Å². The van der Waals surface area contributed by atoms with Crippen molar-refractivity contribution < 1.29 is 4.74 Å². The lowest BCUT2D eigenvalue weighted by atomic mass is 10.1. The fourth-order valence-electron chi connectivity index (χ4n) is 2.54. The highest BCUT2D eigenvalue weighted by Crippen LogP contribution is 2.23. The lowest BCUT2D eigenvalue weighted by Crippen LogP contribution is -2.08. The van der Waals surface area contributed by atoms with E-state index < -0.39 is 0 Å². The summed E-state index contributed by atoms with van der Waals surface area (Å²) in [5.41, 5.74) is 10.8. The molecule has 3 N–H and O–H groups in total. The SMILES string of the molecule is COc1nc(NCCc2ccc(C)cc2)cc(-c2cccc(N)c2)n1. The van der Waals surface area contributed by atoms with Crippen LogP contribution in [-0.2, 0) is 6.42 Å². The van der Waals surface area contributed by atoms with Crippen molar-refractivity contribution in [3.05, 3.63) is 65.7 Å². The summed E-state index contributed by atoms with van der Waals surface area (Å²) in [5.74, 6) is 0.733. The van der Waals surface area contributed by atoms with E-state index in [-0.39, 0.29) is 0 Å². The highest BCUT2D eigenvalue weighted by molar-refractivity contribution is 5.66. The number of hydrogen-bond acceptors (Lipinski definition) is 5. The van der Waals surface area contributed by atoms with E-state index in [2.05, 4.69) is 46.5 Å². The third kappa shape index (κ3) is 4.47. The molecule has 0 radical (unpaired) electrons. The van der Waals surface area contributed by atoms with Gasteiger partial charge in [-0.05, 0) is 31.0 Å². The summed E-state index contributed by atoms with van der Waals surface area (Å²) in [6.07, 6.45) is 0.917. The van der Waals surface area contributed by atoms with Crippen LogP contribution in [-0.4, -0.2) is 23.6 Å². The third-order valence-electron chi connectivity index (χ3n) is 3.91. The number of nitrogens with two attached hydrogens (primary N) is 1. The average molecular weight is 334 g/mol. The molecule has 3 aromatic rings. The second-order valence-corrected chi connectivity index (χ2v) is 5.91. The smallest absolute Gasteiger partial charge is 0.318 e. The molecule has 5 nitrogen and oxygen atoms in total. The van der Waals surface area contributed by atoms with E-state index in [9.17, 15) is 0 Å². The van der Waals surface area contributed by atoms with Gasteiger partial charge in [-0.15, -0.1) is 0 Å². The highest BCUT2D eigenvalue weighted by atomic mass is 16.5. The van der Waals surface area contributed by atoms with Crippen molar-refractivity contribution in [2.24, 2.45) is 0 Å². The third-order valence-corrected chi connectivity index (χ3v) is 3.91. The van der Waals surface area contributed by atoms with Crippen LogP contribution in [0.4, 0.5) is 11.5 Å². The number of hydrogen-bond donors (Lipinski definition) is 2. The molecule has 0 aliphatic rings. The zero-order valence-electron chi connectivity index (χ0n) is 14.5. The molecule has 0 amide bonds. The molecular formula is C20H22N4O. The minimum Gasteiger partial charge on any atom is -0.467 e. The predicted octanol–water partition coefficient (Wildman–Crippen LogP) is 3.70. The van der Waals surface area contributed by atoms with Gasteiger partial charge in [0.1, 0.15) is 5.82 Å². The molecule has 1 aromatic heterocycles. The molecule has 0 bridgehead atoms. The maximum absolute atomic E-state index is 5.87.